The molecule has 0 saturated heterocycles. The zero-order valence-corrected chi connectivity index (χ0v) is 16.5. The molecule has 4 heteroatoms. The molecule has 0 radical (unpaired) electrons. The summed E-state index contributed by atoms with van der Waals surface area (Å²) in [5.74, 6) is 5.61. The van der Waals surface area contributed by atoms with E-state index in [1.807, 2.05) is 68.4 Å². The van der Waals surface area contributed by atoms with Crippen molar-refractivity contribution in [3.8, 4) is 11.8 Å². The van der Waals surface area contributed by atoms with E-state index in [4.69, 9.17) is 0 Å². The highest BCUT2D eigenvalue weighted by molar-refractivity contribution is 5.99. The lowest BCUT2D eigenvalue weighted by atomic mass is 10.1. The largest absolute Gasteiger partial charge is 0.343 e. The maximum Gasteiger partial charge on any atom is 0.251 e. The Morgan fingerprint density at radius 3 is 2.28 bits per heavy atom. The second-order valence-corrected chi connectivity index (χ2v) is 6.73. The topological polar surface area (TPSA) is 58.2 Å². The average Bonchev–Trinajstić information content (AvgIpc) is 2.73. The van der Waals surface area contributed by atoms with Crippen molar-refractivity contribution in [1.82, 2.24) is 5.32 Å². The highest BCUT2D eigenvalue weighted by Crippen LogP contribution is 2.11. The van der Waals surface area contributed by atoms with Gasteiger partial charge in [0.05, 0.1) is 6.54 Å². The number of anilines is 1. The first-order valence-electron chi connectivity index (χ1n) is 9.34. The SMILES string of the molecule is Cc1ccc(C(=O)NCC(=O)Nc2cccc(C#Cc3ccccc3)c2)cc1C. The van der Waals surface area contributed by atoms with Crippen molar-refractivity contribution in [1.29, 1.82) is 0 Å². The number of amides is 2. The van der Waals surface area contributed by atoms with Crippen LogP contribution in [0.5, 0.6) is 0 Å². The Morgan fingerprint density at radius 2 is 1.52 bits per heavy atom. The molecule has 0 spiro atoms. The molecule has 0 heterocycles. The monoisotopic (exact) mass is 382 g/mol. The molecule has 2 amide bonds. The number of rotatable bonds is 4. The van der Waals surface area contributed by atoms with E-state index in [0.717, 1.165) is 22.3 Å². The van der Waals surface area contributed by atoms with Crippen molar-refractivity contribution in [2.45, 2.75) is 13.8 Å². The molecule has 4 nitrogen and oxygen atoms in total. The lowest BCUT2D eigenvalue weighted by Crippen LogP contribution is -2.32. The maximum atomic E-state index is 12.2. The van der Waals surface area contributed by atoms with Gasteiger partial charge in [0.1, 0.15) is 0 Å². The summed E-state index contributed by atoms with van der Waals surface area (Å²) >= 11 is 0. The summed E-state index contributed by atoms with van der Waals surface area (Å²) in [7, 11) is 0. The first-order chi connectivity index (χ1) is 14.0. The summed E-state index contributed by atoms with van der Waals surface area (Å²) in [5.41, 5.74) is 5.06. The van der Waals surface area contributed by atoms with E-state index in [1.54, 1.807) is 18.2 Å². The van der Waals surface area contributed by atoms with Crippen LogP contribution in [-0.2, 0) is 4.79 Å². The summed E-state index contributed by atoms with van der Waals surface area (Å²) < 4.78 is 0. The third-order valence-electron chi connectivity index (χ3n) is 4.45. The Labute approximate surface area is 171 Å². The Morgan fingerprint density at radius 1 is 0.793 bits per heavy atom. The maximum absolute atomic E-state index is 12.2. The van der Waals surface area contributed by atoms with Crippen LogP contribution < -0.4 is 10.6 Å². The lowest BCUT2D eigenvalue weighted by Gasteiger charge is -2.08. The van der Waals surface area contributed by atoms with E-state index < -0.39 is 0 Å². The van der Waals surface area contributed by atoms with E-state index in [1.165, 1.54) is 0 Å². The zero-order valence-electron chi connectivity index (χ0n) is 16.5. The Balaban J connectivity index is 1.57. The molecule has 0 fully saturated rings. The predicted molar refractivity (Wildman–Crippen MR) is 116 cm³/mol. The molecular weight excluding hydrogens is 360 g/mol. The molecular formula is C25H22N2O2. The van der Waals surface area contributed by atoms with Crippen molar-refractivity contribution in [3.05, 3.63) is 101 Å². The van der Waals surface area contributed by atoms with Gasteiger partial charge in [0, 0.05) is 22.4 Å². The molecule has 0 aliphatic rings. The van der Waals surface area contributed by atoms with E-state index in [0.29, 0.717) is 11.3 Å². The summed E-state index contributed by atoms with van der Waals surface area (Å²) in [6, 6.07) is 22.5. The van der Waals surface area contributed by atoms with Crippen LogP contribution in [0.15, 0.2) is 72.8 Å². The molecule has 29 heavy (non-hydrogen) atoms. The number of carbonyl (C=O) groups excluding carboxylic acids is 2. The van der Waals surface area contributed by atoms with Crippen LogP contribution in [0.25, 0.3) is 0 Å². The Hall–Kier alpha value is -3.84. The minimum Gasteiger partial charge on any atom is -0.343 e. The second kappa shape index (κ2) is 9.38. The molecule has 0 aliphatic carbocycles. The van der Waals surface area contributed by atoms with Gasteiger partial charge in [-0.2, -0.15) is 0 Å². The molecule has 2 N–H and O–H groups in total. The predicted octanol–water partition coefficient (Wildman–Crippen LogP) is 4.07. The fraction of sp³-hybridized carbons (Fsp3) is 0.120. The number of nitrogens with one attached hydrogen (secondary N) is 2. The Kier molecular flexibility index (Phi) is 6.44. The molecule has 0 unspecified atom stereocenters. The molecule has 3 rings (SSSR count). The van der Waals surface area contributed by atoms with Crippen molar-refractivity contribution in [3.63, 3.8) is 0 Å². The number of carbonyl (C=O) groups is 2. The molecule has 144 valence electrons. The number of benzene rings is 3. The van der Waals surface area contributed by atoms with E-state index in [-0.39, 0.29) is 18.4 Å². The van der Waals surface area contributed by atoms with Gasteiger partial charge in [0.15, 0.2) is 0 Å². The number of hydrogen-bond acceptors (Lipinski definition) is 2. The van der Waals surface area contributed by atoms with Gasteiger partial charge < -0.3 is 10.6 Å². The fourth-order valence-electron chi connectivity index (χ4n) is 2.69. The van der Waals surface area contributed by atoms with Crippen molar-refractivity contribution in [2.75, 3.05) is 11.9 Å². The number of aryl methyl sites for hydroxylation is 2. The van der Waals surface area contributed by atoms with Crippen molar-refractivity contribution >= 4 is 17.5 Å². The summed E-state index contributed by atoms with van der Waals surface area (Å²) in [5, 5.41) is 5.43. The average molecular weight is 382 g/mol. The second-order valence-electron chi connectivity index (χ2n) is 6.73. The van der Waals surface area contributed by atoms with Gasteiger partial charge in [0.2, 0.25) is 5.91 Å². The van der Waals surface area contributed by atoms with Gasteiger partial charge in [-0.3, -0.25) is 9.59 Å². The van der Waals surface area contributed by atoms with Crippen LogP contribution in [0, 0.1) is 25.7 Å². The zero-order chi connectivity index (χ0) is 20.6. The molecule has 3 aromatic rings. The van der Waals surface area contributed by atoms with Gasteiger partial charge in [-0.25, -0.2) is 0 Å². The summed E-state index contributed by atoms with van der Waals surface area (Å²) in [6.07, 6.45) is 0. The fourth-order valence-corrected chi connectivity index (χ4v) is 2.69. The molecule has 0 aromatic heterocycles. The third-order valence-corrected chi connectivity index (χ3v) is 4.45. The molecule has 0 saturated carbocycles. The molecule has 3 aromatic carbocycles. The van der Waals surface area contributed by atoms with Gasteiger partial charge in [0.25, 0.3) is 5.91 Å². The van der Waals surface area contributed by atoms with Gasteiger partial charge in [-0.1, -0.05) is 42.2 Å². The van der Waals surface area contributed by atoms with Gasteiger partial charge >= 0.3 is 0 Å². The summed E-state index contributed by atoms with van der Waals surface area (Å²) in [4.78, 5) is 24.4. The molecule has 0 bridgehead atoms. The van der Waals surface area contributed by atoms with E-state index >= 15 is 0 Å². The Bertz CT molecular complexity index is 1090. The van der Waals surface area contributed by atoms with Crippen LogP contribution in [0.3, 0.4) is 0 Å². The van der Waals surface area contributed by atoms with Gasteiger partial charge in [-0.05, 0) is 67.4 Å². The van der Waals surface area contributed by atoms with Crippen molar-refractivity contribution in [2.24, 2.45) is 0 Å². The quantitative estimate of drug-likeness (QED) is 0.668. The van der Waals surface area contributed by atoms with E-state index in [2.05, 4.69) is 22.5 Å². The first-order valence-corrected chi connectivity index (χ1v) is 9.34. The van der Waals surface area contributed by atoms with Crippen LogP contribution in [0.2, 0.25) is 0 Å². The van der Waals surface area contributed by atoms with Crippen LogP contribution in [-0.4, -0.2) is 18.4 Å². The number of hydrogen-bond donors (Lipinski definition) is 2. The van der Waals surface area contributed by atoms with Crippen LogP contribution >= 0.6 is 0 Å². The van der Waals surface area contributed by atoms with Gasteiger partial charge in [-0.15, -0.1) is 0 Å². The normalized spacial score (nSPS) is 9.86. The van der Waals surface area contributed by atoms with Crippen LogP contribution in [0.4, 0.5) is 5.69 Å². The smallest absolute Gasteiger partial charge is 0.251 e. The van der Waals surface area contributed by atoms with Crippen molar-refractivity contribution < 1.29 is 9.59 Å². The molecule has 0 atom stereocenters. The standard InChI is InChI=1S/C25H22N2O2/c1-18-11-14-22(15-19(18)2)25(29)26-17-24(28)27-23-10-6-9-21(16-23)13-12-20-7-4-3-5-8-20/h3-11,14-16H,17H2,1-2H3,(H,26,29)(H,27,28). The lowest BCUT2D eigenvalue weighted by molar-refractivity contribution is -0.115. The highest BCUT2D eigenvalue weighted by Gasteiger charge is 2.09. The molecule has 0 aliphatic heterocycles. The first kappa shape index (κ1) is 19.9. The van der Waals surface area contributed by atoms with Crippen LogP contribution in [0.1, 0.15) is 32.6 Å². The highest BCUT2D eigenvalue weighted by atomic mass is 16.2. The third kappa shape index (κ3) is 5.82. The minimum absolute atomic E-state index is 0.105. The minimum atomic E-state index is -0.296. The van der Waals surface area contributed by atoms with E-state index in [9.17, 15) is 9.59 Å². The summed E-state index contributed by atoms with van der Waals surface area (Å²) in [6.45, 7) is 3.83.